The number of hydrogen-bond donors (Lipinski definition) is 0. The molecule has 1 rings (SSSR count). The van der Waals surface area contributed by atoms with Crippen molar-refractivity contribution in [3.8, 4) is 0 Å². The Balaban J connectivity index is 3.21. The van der Waals surface area contributed by atoms with Crippen LogP contribution < -0.4 is 0 Å². The van der Waals surface area contributed by atoms with Gasteiger partial charge in [-0.3, -0.25) is 0 Å². The van der Waals surface area contributed by atoms with E-state index in [4.69, 9.17) is 34.8 Å². The molecule has 11 heavy (non-hydrogen) atoms. The molecule has 0 amide bonds. The SMILES string of the molecule is CSc1nc(Cl)c(Cl)nc1Cl. The van der Waals surface area contributed by atoms with E-state index in [0.717, 1.165) is 0 Å². The Bertz CT molecular complexity index is 279. The van der Waals surface area contributed by atoms with Gasteiger partial charge in [0.25, 0.3) is 0 Å². The molecular weight excluding hydrogens is 226 g/mol. The number of nitrogens with zero attached hydrogens (tertiary/aromatic N) is 2. The van der Waals surface area contributed by atoms with Gasteiger partial charge in [-0.05, 0) is 6.26 Å². The largest absolute Gasteiger partial charge is 0.223 e. The lowest BCUT2D eigenvalue weighted by molar-refractivity contribution is 1.06. The van der Waals surface area contributed by atoms with Crippen molar-refractivity contribution in [2.24, 2.45) is 0 Å². The van der Waals surface area contributed by atoms with Crippen LogP contribution in [0.3, 0.4) is 0 Å². The smallest absolute Gasteiger partial charge is 0.168 e. The molecule has 0 aliphatic carbocycles. The molecule has 0 fully saturated rings. The third-order valence-corrected chi connectivity index (χ3v) is 2.61. The van der Waals surface area contributed by atoms with E-state index >= 15 is 0 Å². The molecule has 1 heterocycles. The first-order valence-electron chi connectivity index (χ1n) is 2.57. The third-order valence-electron chi connectivity index (χ3n) is 0.936. The standard InChI is InChI=1S/C5H3Cl3N2S/c1-11-5-4(8)9-2(6)3(7)10-5/h1H3. The van der Waals surface area contributed by atoms with Crippen molar-refractivity contribution in [1.82, 2.24) is 9.97 Å². The van der Waals surface area contributed by atoms with Crippen LogP contribution in [0.15, 0.2) is 5.03 Å². The van der Waals surface area contributed by atoms with Crippen LogP contribution >= 0.6 is 46.6 Å². The molecule has 0 radical (unpaired) electrons. The lowest BCUT2D eigenvalue weighted by atomic mass is 10.7. The van der Waals surface area contributed by atoms with Gasteiger partial charge in [0.2, 0.25) is 0 Å². The van der Waals surface area contributed by atoms with Crippen LogP contribution in [0, 0.1) is 0 Å². The van der Waals surface area contributed by atoms with Crippen LogP contribution in [-0.2, 0) is 0 Å². The fourth-order valence-electron chi connectivity index (χ4n) is 0.491. The molecule has 1 aromatic rings. The Labute approximate surface area is 83.3 Å². The Morgan fingerprint density at radius 2 is 1.55 bits per heavy atom. The highest BCUT2D eigenvalue weighted by Crippen LogP contribution is 2.26. The number of halogens is 3. The van der Waals surface area contributed by atoms with Crippen molar-refractivity contribution < 1.29 is 0 Å². The van der Waals surface area contributed by atoms with Gasteiger partial charge in [-0.15, -0.1) is 11.8 Å². The number of rotatable bonds is 1. The molecular formula is C5H3Cl3N2S. The van der Waals surface area contributed by atoms with E-state index in [-0.39, 0.29) is 15.5 Å². The molecule has 0 aromatic carbocycles. The fourth-order valence-corrected chi connectivity index (χ4v) is 1.59. The Morgan fingerprint density at radius 1 is 1.00 bits per heavy atom. The first-order chi connectivity index (χ1) is 5.15. The van der Waals surface area contributed by atoms with Gasteiger partial charge in [-0.2, -0.15) is 0 Å². The predicted molar refractivity (Wildman–Crippen MR) is 48.8 cm³/mol. The molecule has 60 valence electrons. The maximum atomic E-state index is 5.66. The van der Waals surface area contributed by atoms with E-state index in [1.165, 1.54) is 11.8 Å². The highest BCUT2D eigenvalue weighted by molar-refractivity contribution is 7.98. The lowest BCUT2D eigenvalue weighted by Gasteiger charge is -1.99. The van der Waals surface area contributed by atoms with Crippen molar-refractivity contribution in [1.29, 1.82) is 0 Å². The molecule has 0 aliphatic rings. The normalized spacial score (nSPS) is 10.2. The van der Waals surface area contributed by atoms with E-state index in [9.17, 15) is 0 Å². The summed E-state index contributed by atoms with van der Waals surface area (Å²) >= 11 is 18.2. The highest BCUT2D eigenvalue weighted by atomic mass is 35.5. The van der Waals surface area contributed by atoms with E-state index in [2.05, 4.69) is 9.97 Å². The van der Waals surface area contributed by atoms with Gasteiger partial charge < -0.3 is 0 Å². The molecule has 0 spiro atoms. The van der Waals surface area contributed by atoms with E-state index in [1.807, 2.05) is 6.26 Å². The summed E-state index contributed by atoms with van der Waals surface area (Å²) in [5.74, 6) is 0. The maximum absolute atomic E-state index is 5.66. The van der Waals surface area contributed by atoms with Gasteiger partial charge in [-0.25, -0.2) is 9.97 Å². The topological polar surface area (TPSA) is 25.8 Å². The molecule has 0 atom stereocenters. The monoisotopic (exact) mass is 228 g/mol. The minimum absolute atomic E-state index is 0.134. The number of aromatic nitrogens is 2. The van der Waals surface area contributed by atoms with Crippen LogP contribution in [0.5, 0.6) is 0 Å². The summed E-state index contributed by atoms with van der Waals surface area (Å²) in [6.45, 7) is 0. The molecule has 1 aromatic heterocycles. The van der Waals surface area contributed by atoms with Crippen LogP contribution in [0.1, 0.15) is 0 Å². The maximum Gasteiger partial charge on any atom is 0.168 e. The average molecular weight is 230 g/mol. The minimum Gasteiger partial charge on any atom is -0.223 e. The molecule has 0 bridgehead atoms. The summed E-state index contributed by atoms with van der Waals surface area (Å²) < 4.78 is 0. The molecule has 2 nitrogen and oxygen atoms in total. The van der Waals surface area contributed by atoms with Crippen molar-refractivity contribution in [3.63, 3.8) is 0 Å². The van der Waals surface area contributed by atoms with Crippen molar-refractivity contribution in [2.75, 3.05) is 6.26 Å². The van der Waals surface area contributed by atoms with E-state index < -0.39 is 0 Å². The summed E-state index contributed by atoms with van der Waals surface area (Å²) in [7, 11) is 0. The Hall–Kier alpha value is 0.300. The third kappa shape index (κ3) is 2.12. The van der Waals surface area contributed by atoms with Gasteiger partial charge in [0, 0.05) is 0 Å². The lowest BCUT2D eigenvalue weighted by Crippen LogP contribution is -1.87. The molecule has 0 saturated heterocycles. The first-order valence-corrected chi connectivity index (χ1v) is 4.93. The van der Waals surface area contributed by atoms with E-state index in [0.29, 0.717) is 5.03 Å². The second-order valence-corrected chi connectivity index (χ2v) is 3.47. The van der Waals surface area contributed by atoms with Crippen LogP contribution in [0.4, 0.5) is 0 Å². The zero-order chi connectivity index (χ0) is 8.43. The Morgan fingerprint density at radius 3 is 2.09 bits per heavy atom. The zero-order valence-corrected chi connectivity index (χ0v) is 8.52. The van der Waals surface area contributed by atoms with Crippen molar-refractivity contribution in [2.45, 2.75) is 5.03 Å². The van der Waals surface area contributed by atoms with Gasteiger partial charge in [-0.1, -0.05) is 34.8 Å². The molecule has 0 unspecified atom stereocenters. The second-order valence-electron chi connectivity index (χ2n) is 1.61. The van der Waals surface area contributed by atoms with Gasteiger partial charge in [0.1, 0.15) is 5.03 Å². The molecule has 0 aliphatic heterocycles. The van der Waals surface area contributed by atoms with Crippen LogP contribution in [-0.4, -0.2) is 16.2 Å². The quantitative estimate of drug-likeness (QED) is 0.692. The van der Waals surface area contributed by atoms with Crippen LogP contribution in [0.25, 0.3) is 0 Å². The summed E-state index contributed by atoms with van der Waals surface area (Å²) in [6.07, 6.45) is 1.83. The van der Waals surface area contributed by atoms with Crippen LogP contribution in [0.2, 0.25) is 15.5 Å². The second kappa shape index (κ2) is 3.81. The molecule has 0 N–H and O–H groups in total. The number of thioether (sulfide) groups is 1. The Kier molecular flexibility index (Phi) is 3.25. The molecule has 6 heteroatoms. The average Bonchev–Trinajstić information content (AvgIpc) is 1.97. The molecule has 0 saturated carbocycles. The number of hydrogen-bond acceptors (Lipinski definition) is 3. The van der Waals surface area contributed by atoms with Gasteiger partial charge in [0.05, 0.1) is 0 Å². The zero-order valence-electron chi connectivity index (χ0n) is 5.44. The fraction of sp³-hybridized carbons (Fsp3) is 0.200. The first kappa shape index (κ1) is 9.39. The summed E-state index contributed by atoms with van der Waals surface area (Å²) in [5.41, 5.74) is 0. The summed E-state index contributed by atoms with van der Waals surface area (Å²) in [4.78, 5) is 7.65. The van der Waals surface area contributed by atoms with Gasteiger partial charge >= 0.3 is 0 Å². The predicted octanol–water partition coefficient (Wildman–Crippen LogP) is 3.16. The van der Waals surface area contributed by atoms with Gasteiger partial charge in [0.15, 0.2) is 15.5 Å². The minimum atomic E-state index is 0.134. The highest BCUT2D eigenvalue weighted by Gasteiger charge is 2.07. The van der Waals surface area contributed by atoms with E-state index in [1.54, 1.807) is 0 Å². The summed E-state index contributed by atoms with van der Waals surface area (Å²) in [6, 6.07) is 0. The van der Waals surface area contributed by atoms with Crippen molar-refractivity contribution in [3.05, 3.63) is 15.5 Å². The summed E-state index contributed by atoms with van der Waals surface area (Å²) in [5, 5.41) is 1.18. The van der Waals surface area contributed by atoms with Crippen molar-refractivity contribution >= 4 is 46.6 Å².